The molecule has 0 aromatic heterocycles. The van der Waals surface area contributed by atoms with Crippen LogP contribution in [0.5, 0.6) is 11.5 Å². The van der Waals surface area contributed by atoms with E-state index in [1.54, 1.807) is 0 Å². The zero-order valence-electron chi connectivity index (χ0n) is 10.2. The normalized spacial score (nSPS) is 10.7. The lowest BCUT2D eigenvalue weighted by Crippen LogP contribution is -2.20. The number of ether oxygens (including phenoxy) is 2. The van der Waals surface area contributed by atoms with Crippen LogP contribution < -0.4 is 9.47 Å². The first-order valence-electron chi connectivity index (χ1n) is 5.33. The van der Waals surface area contributed by atoms with E-state index in [2.05, 4.69) is 6.58 Å². The van der Waals surface area contributed by atoms with Gasteiger partial charge in [-0.05, 0) is 31.2 Å². The molecule has 0 saturated carbocycles. The average molecular weight is 270 g/mol. The van der Waals surface area contributed by atoms with Crippen molar-refractivity contribution in [1.82, 2.24) is 0 Å². The van der Waals surface area contributed by atoms with Gasteiger partial charge in [0.15, 0.2) is 0 Å². The molecule has 0 bridgehead atoms. The second-order valence-corrected chi connectivity index (χ2v) is 3.82. The van der Waals surface area contributed by atoms with E-state index < -0.39 is 24.3 Å². The van der Waals surface area contributed by atoms with Crippen LogP contribution in [0.25, 0.3) is 0 Å². The maximum absolute atomic E-state index is 12.6. The van der Waals surface area contributed by atoms with E-state index in [1.165, 1.54) is 24.3 Å². The number of benzene rings is 1. The summed E-state index contributed by atoms with van der Waals surface area (Å²) in [7, 11) is 0. The molecule has 0 atom stereocenters. The maximum atomic E-state index is 12.6. The predicted octanol–water partition coefficient (Wildman–Crippen LogP) is 2.73. The van der Waals surface area contributed by atoms with Crippen molar-refractivity contribution in [3.63, 3.8) is 0 Å². The molecule has 0 aliphatic carbocycles. The smallest absolute Gasteiger partial charge is 0.335 e. The molecule has 1 aromatic rings. The maximum Gasteiger partial charge on any atom is 0.335 e. The van der Waals surface area contributed by atoms with Gasteiger partial charge in [0.2, 0.25) is 0 Å². The Balaban J connectivity index is 2.59. The van der Waals surface area contributed by atoms with Gasteiger partial charge in [0.1, 0.15) is 17.9 Å². The van der Waals surface area contributed by atoms with Crippen molar-refractivity contribution in [2.45, 2.75) is 19.3 Å². The summed E-state index contributed by atoms with van der Waals surface area (Å²) in [6.07, 6.45) is -0.00251. The fraction of sp³-hybridized carbons (Fsp3) is 0.231. The van der Waals surface area contributed by atoms with Gasteiger partial charge in [-0.1, -0.05) is 6.58 Å². The van der Waals surface area contributed by atoms with Gasteiger partial charge >= 0.3 is 11.9 Å². The molecule has 1 rings (SSSR count). The standard InChI is InChI=1S/C13H12F2O4/c1-3-11(16)18-9-4-6-10(7-5-9)19-12(17)8-13(2,14)15/h3-7H,1,8H2,2H3. The van der Waals surface area contributed by atoms with Gasteiger partial charge in [0, 0.05) is 6.08 Å². The minimum atomic E-state index is -3.11. The molecular weight excluding hydrogens is 258 g/mol. The Kier molecular flexibility index (Phi) is 4.74. The molecule has 0 saturated heterocycles. The second-order valence-electron chi connectivity index (χ2n) is 3.82. The molecule has 6 heteroatoms. The molecule has 1 aromatic carbocycles. The van der Waals surface area contributed by atoms with Gasteiger partial charge < -0.3 is 9.47 Å². The number of carbonyl (C=O) groups excluding carboxylic acids is 2. The van der Waals surface area contributed by atoms with Gasteiger partial charge in [-0.15, -0.1) is 0 Å². The van der Waals surface area contributed by atoms with Crippen LogP contribution in [0.15, 0.2) is 36.9 Å². The second kappa shape index (κ2) is 6.08. The first-order chi connectivity index (χ1) is 8.80. The lowest BCUT2D eigenvalue weighted by molar-refractivity contribution is -0.141. The first-order valence-corrected chi connectivity index (χ1v) is 5.33. The van der Waals surface area contributed by atoms with Gasteiger partial charge in [0.05, 0.1) is 0 Å². The van der Waals surface area contributed by atoms with Crippen LogP contribution in [-0.2, 0) is 9.59 Å². The van der Waals surface area contributed by atoms with Crippen molar-refractivity contribution >= 4 is 11.9 Å². The fourth-order valence-electron chi connectivity index (χ4n) is 1.15. The zero-order valence-corrected chi connectivity index (χ0v) is 10.2. The molecule has 0 heterocycles. The van der Waals surface area contributed by atoms with Gasteiger partial charge in [-0.2, -0.15) is 0 Å². The quantitative estimate of drug-likeness (QED) is 0.469. The highest BCUT2D eigenvalue weighted by Crippen LogP contribution is 2.21. The molecule has 0 unspecified atom stereocenters. The first kappa shape index (κ1) is 14.8. The predicted molar refractivity (Wildman–Crippen MR) is 63.1 cm³/mol. The zero-order chi connectivity index (χ0) is 14.5. The molecule has 19 heavy (non-hydrogen) atoms. The Labute approximate surface area is 108 Å². The third-order valence-electron chi connectivity index (χ3n) is 1.90. The summed E-state index contributed by atoms with van der Waals surface area (Å²) in [6.45, 7) is 3.86. The van der Waals surface area contributed by atoms with Gasteiger partial charge in [0.25, 0.3) is 5.92 Å². The van der Waals surface area contributed by atoms with Crippen molar-refractivity contribution in [1.29, 1.82) is 0 Å². The molecule has 0 radical (unpaired) electrons. The van der Waals surface area contributed by atoms with Crippen molar-refractivity contribution in [3.05, 3.63) is 36.9 Å². The van der Waals surface area contributed by atoms with Crippen molar-refractivity contribution in [2.75, 3.05) is 0 Å². The molecule has 4 nitrogen and oxygen atoms in total. The van der Waals surface area contributed by atoms with E-state index in [4.69, 9.17) is 9.47 Å². The van der Waals surface area contributed by atoms with E-state index in [-0.39, 0.29) is 11.5 Å². The SMILES string of the molecule is C=CC(=O)Oc1ccc(OC(=O)CC(C)(F)F)cc1. The highest BCUT2D eigenvalue weighted by atomic mass is 19.3. The molecule has 0 N–H and O–H groups in total. The average Bonchev–Trinajstić information content (AvgIpc) is 2.29. The summed E-state index contributed by atoms with van der Waals surface area (Å²) in [4.78, 5) is 22.0. The Hall–Kier alpha value is -2.24. The highest BCUT2D eigenvalue weighted by Gasteiger charge is 2.26. The lowest BCUT2D eigenvalue weighted by atomic mass is 10.3. The van der Waals surface area contributed by atoms with Crippen LogP contribution in [0.4, 0.5) is 8.78 Å². The number of halogens is 2. The van der Waals surface area contributed by atoms with E-state index in [9.17, 15) is 18.4 Å². The topological polar surface area (TPSA) is 52.6 Å². The Morgan fingerprint density at radius 2 is 1.68 bits per heavy atom. The molecule has 102 valence electrons. The van der Waals surface area contributed by atoms with E-state index >= 15 is 0 Å². The molecule has 0 aliphatic heterocycles. The summed E-state index contributed by atoms with van der Waals surface area (Å²) in [5.41, 5.74) is 0. The molecule has 0 amide bonds. The van der Waals surface area contributed by atoms with Crippen molar-refractivity contribution < 1.29 is 27.8 Å². The van der Waals surface area contributed by atoms with E-state index in [0.29, 0.717) is 6.92 Å². The lowest BCUT2D eigenvalue weighted by Gasteiger charge is -2.09. The summed E-state index contributed by atoms with van der Waals surface area (Å²) >= 11 is 0. The monoisotopic (exact) mass is 270 g/mol. The van der Waals surface area contributed by atoms with Crippen LogP contribution >= 0.6 is 0 Å². The number of esters is 2. The van der Waals surface area contributed by atoms with Gasteiger partial charge in [-0.25, -0.2) is 13.6 Å². The van der Waals surface area contributed by atoms with E-state index in [0.717, 1.165) is 6.08 Å². The molecule has 0 aliphatic rings. The van der Waals surface area contributed by atoms with Crippen LogP contribution in [0.3, 0.4) is 0 Å². The largest absolute Gasteiger partial charge is 0.426 e. The summed E-state index contributed by atoms with van der Waals surface area (Å²) in [5, 5.41) is 0. The minimum absolute atomic E-state index is 0.0904. The number of rotatable bonds is 5. The number of hydrogen-bond acceptors (Lipinski definition) is 4. The third kappa shape index (κ3) is 5.76. The molecular formula is C13H12F2O4. The van der Waals surface area contributed by atoms with E-state index in [1.807, 2.05) is 0 Å². The van der Waals surface area contributed by atoms with Crippen LogP contribution in [0, 0.1) is 0 Å². The Bertz CT molecular complexity index is 474. The van der Waals surface area contributed by atoms with Crippen LogP contribution in [0.2, 0.25) is 0 Å². The van der Waals surface area contributed by atoms with Crippen LogP contribution in [-0.4, -0.2) is 17.9 Å². The molecule has 0 fully saturated rings. The number of carbonyl (C=O) groups is 2. The highest BCUT2D eigenvalue weighted by molar-refractivity contribution is 5.83. The summed E-state index contributed by atoms with van der Waals surface area (Å²) in [6, 6.07) is 5.40. The Morgan fingerprint density at radius 3 is 2.11 bits per heavy atom. The number of alkyl halides is 2. The summed E-state index contributed by atoms with van der Waals surface area (Å²) < 4.78 is 34.6. The minimum Gasteiger partial charge on any atom is -0.426 e. The van der Waals surface area contributed by atoms with Crippen molar-refractivity contribution in [2.24, 2.45) is 0 Å². The third-order valence-corrected chi connectivity index (χ3v) is 1.90. The Morgan fingerprint density at radius 1 is 1.21 bits per heavy atom. The van der Waals surface area contributed by atoms with Crippen molar-refractivity contribution in [3.8, 4) is 11.5 Å². The van der Waals surface area contributed by atoms with Gasteiger partial charge in [-0.3, -0.25) is 4.79 Å². The fourth-order valence-corrected chi connectivity index (χ4v) is 1.15. The summed E-state index contributed by atoms with van der Waals surface area (Å²) in [5.74, 6) is -4.46. The van der Waals surface area contributed by atoms with Crippen LogP contribution in [0.1, 0.15) is 13.3 Å². The molecule has 0 spiro atoms. The number of hydrogen-bond donors (Lipinski definition) is 0.